The fourth-order valence-corrected chi connectivity index (χ4v) is 2.81. The molecular formula is C16H17NO2S. The van der Waals surface area contributed by atoms with Gasteiger partial charge >= 0.3 is 0 Å². The van der Waals surface area contributed by atoms with Gasteiger partial charge in [-0.1, -0.05) is 30.3 Å². The van der Waals surface area contributed by atoms with Crippen LogP contribution in [-0.4, -0.2) is 12.5 Å². The van der Waals surface area contributed by atoms with E-state index in [0.29, 0.717) is 6.61 Å². The summed E-state index contributed by atoms with van der Waals surface area (Å²) in [5.74, 6) is 0.488. The lowest BCUT2D eigenvalue weighted by Gasteiger charge is -2.13. The van der Waals surface area contributed by atoms with E-state index in [9.17, 15) is 4.79 Å². The minimum absolute atomic E-state index is 0.338. The Morgan fingerprint density at radius 1 is 1.15 bits per heavy atom. The van der Waals surface area contributed by atoms with Crippen LogP contribution in [0.2, 0.25) is 0 Å². The van der Waals surface area contributed by atoms with Crippen LogP contribution in [0, 0.1) is 0 Å². The molecule has 0 aliphatic carbocycles. The molecule has 0 radical (unpaired) electrons. The number of carbonyl (C=O) groups is 1. The van der Waals surface area contributed by atoms with Crippen LogP contribution in [0.15, 0.2) is 59.5 Å². The number of hydrogen-bond acceptors (Lipinski definition) is 3. The smallest absolute Gasteiger partial charge is 0.235 e. The Balaban J connectivity index is 2.14. The van der Waals surface area contributed by atoms with Gasteiger partial charge in [-0.3, -0.25) is 4.79 Å². The lowest BCUT2D eigenvalue weighted by atomic mass is 10.1. The van der Waals surface area contributed by atoms with Crippen LogP contribution in [0.3, 0.4) is 0 Å². The molecule has 2 aromatic rings. The van der Waals surface area contributed by atoms with Crippen LogP contribution in [0.1, 0.15) is 17.7 Å². The standard InChI is InChI=1S/C16H17NO2S/c1-2-19-13-8-10-14(11-9-13)20-15(16(17)18)12-6-4-3-5-7-12/h3-11,15H,2H2,1H3,(H2,17,18)/t15-/m0/s1. The van der Waals surface area contributed by atoms with E-state index in [2.05, 4.69) is 0 Å². The van der Waals surface area contributed by atoms with Crippen LogP contribution >= 0.6 is 11.8 Å². The number of benzene rings is 2. The number of primary amides is 1. The highest BCUT2D eigenvalue weighted by atomic mass is 32.2. The second-order valence-electron chi connectivity index (χ2n) is 4.22. The van der Waals surface area contributed by atoms with Gasteiger partial charge in [0.2, 0.25) is 5.91 Å². The van der Waals surface area contributed by atoms with Gasteiger partial charge < -0.3 is 10.5 Å². The van der Waals surface area contributed by atoms with Crippen molar-refractivity contribution in [1.29, 1.82) is 0 Å². The van der Waals surface area contributed by atoms with E-state index in [1.807, 2.05) is 61.5 Å². The van der Waals surface area contributed by atoms with Crippen molar-refractivity contribution in [1.82, 2.24) is 0 Å². The molecule has 0 aliphatic heterocycles. The molecule has 2 rings (SSSR count). The highest BCUT2D eigenvalue weighted by Gasteiger charge is 2.18. The Morgan fingerprint density at radius 3 is 2.35 bits per heavy atom. The molecule has 1 atom stereocenters. The maximum absolute atomic E-state index is 11.7. The average molecular weight is 287 g/mol. The first kappa shape index (κ1) is 14.5. The van der Waals surface area contributed by atoms with E-state index in [-0.39, 0.29) is 11.2 Å². The highest BCUT2D eigenvalue weighted by Crippen LogP contribution is 2.35. The Kier molecular flexibility index (Phi) is 5.07. The van der Waals surface area contributed by atoms with Crippen LogP contribution in [0.4, 0.5) is 0 Å². The number of hydrogen-bond donors (Lipinski definition) is 1. The molecule has 20 heavy (non-hydrogen) atoms. The predicted molar refractivity (Wildman–Crippen MR) is 81.8 cm³/mol. The van der Waals surface area contributed by atoms with E-state index in [4.69, 9.17) is 10.5 Å². The van der Waals surface area contributed by atoms with Crippen molar-refractivity contribution in [2.75, 3.05) is 6.61 Å². The monoisotopic (exact) mass is 287 g/mol. The Hall–Kier alpha value is -1.94. The Bertz CT molecular complexity index is 554. The first-order valence-electron chi connectivity index (χ1n) is 6.44. The summed E-state index contributed by atoms with van der Waals surface area (Å²) in [4.78, 5) is 12.6. The van der Waals surface area contributed by atoms with Crippen molar-refractivity contribution < 1.29 is 9.53 Å². The second-order valence-corrected chi connectivity index (χ2v) is 5.39. The van der Waals surface area contributed by atoms with Crippen LogP contribution in [0.5, 0.6) is 5.75 Å². The van der Waals surface area contributed by atoms with Crippen LogP contribution < -0.4 is 10.5 Å². The minimum Gasteiger partial charge on any atom is -0.494 e. The molecule has 0 unspecified atom stereocenters. The summed E-state index contributed by atoms with van der Waals surface area (Å²) in [7, 11) is 0. The number of nitrogens with two attached hydrogens (primary N) is 1. The number of rotatable bonds is 6. The van der Waals surface area contributed by atoms with Gasteiger partial charge in [0.1, 0.15) is 11.0 Å². The third-order valence-electron chi connectivity index (χ3n) is 2.75. The second kappa shape index (κ2) is 7.01. The molecule has 104 valence electrons. The fourth-order valence-electron chi connectivity index (χ4n) is 1.84. The van der Waals surface area contributed by atoms with Crippen molar-refractivity contribution in [3.8, 4) is 5.75 Å². The lowest BCUT2D eigenvalue weighted by Crippen LogP contribution is -2.18. The zero-order chi connectivity index (χ0) is 14.4. The van der Waals surface area contributed by atoms with Crippen LogP contribution in [0.25, 0.3) is 0 Å². The van der Waals surface area contributed by atoms with Gasteiger partial charge in [-0.05, 0) is 36.8 Å². The molecule has 3 nitrogen and oxygen atoms in total. The Labute approximate surface area is 123 Å². The van der Waals surface area contributed by atoms with E-state index in [1.54, 1.807) is 0 Å². The van der Waals surface area contributed by atoms with Crippen LogP contribution in [-0.2, 0) is 4.79 Å². The Morgan fingerprint density at radius 2 is 1.80 bits per heavy atom. The maximum atomic E-state index is 11.7. The average Bonchev–Trinajstić information content (AvgIpc) is 2.47. The molecule has 2 aromatic carbocycles. The number of amides is 1. The fraction of sp³-hybridized carbons (Fsp3) is 0.188. The SMILES string of the molecule is CCOc1ccc(S[C@H](C(N)=O)c2ccccc2)cc1. The summed E-state index contributed by atoms with van der Waals surface area (Å²) < 4.78 is 5.40. The van der Waals surface area contributed by atoms with E-state index >= 15 is 0 Å². The van der Waals surface area contributed by atoms with Crippen molar-refractivity contribution in [3.05, 3.63) is 60.2 Å². The van der Waals surface area contributed by atoms with Gasteiger partial charge in [0.05, 0.1) is 6.61 Å². The third kappa shape index (κ3) is 3.78. The molecule has 1 amide bonds. The molecule has 0 saturated heterocycles. The number of thioether (sulfide) groups is 1. The summed E-state index contributed by atoms with van der Waals surface area (Å²) in [5.41, 5.74) is 6.43. The van der Waals surface area contributed by atoms with Gasteiger partial charge in [-0.2, -0.15) is 0 Å². The minimum atomic E-state index is -0.380. The van der Waals surface area contributed by atoms with Crippen molar-refractivity contribution in [2.24, 2.45) is 5.73 Å². The molecule has 0 fully saturated rings. The van der Waals surface area contributed by atoms with E-state index < -0.39 is 0 Å². The van der Waals surface area contributed by atoms with Gasteiger partial charge in [0, 0.05) is 4.90 Å². The molecule has 0 aromatic heterocycles. The molecule has 0 aliphatic rings. The molecule has 0 bridgehead atoms. The van der Waals surface area contributed by atoms with Gasteiger partial charge in [0.15, 0.2) is 0 Å². The molecule has 4 heteroatoms. The van der Waals surface area contributed by atoms with E-state index in [1.165, 1.54) is 11.8 Å². The van der Waals surface area contributed by atoms with Gasteiger partial charge in [-0.15, -0.1) is 11.8 Å². The summed E-state index contributed by atoms with van der Waals surface area (Å²) >= 11 is 1.45. The summed E-state index contributed by atoms with van der Waals surface area (Å²) in [6.07, 6.45) is 0. The predicted octanol–water partition coefficient (Wildman–Crippen LogP) is 3.40. The van der Waals surface area contributed by atoms with Gasteiger partial charge in [-0.25, -0.2) is 0 Å². The maximum Gasteiger partial charge on any atom is 0.235 e. The zero-order valence-electron chi connectivity index (χ0n) is 11.3. The summed E-state index contributed by atoms with van der Waals surface area (Å²) in [6.45, 7) is 2.58. The largest absolute Gasteiger partial charge is 0.494 e. The molecule has 0 saturated carbocycles. The van der Waals surface area contributed by atoms with Gasteiger partial charge in [0.25, 0.3) is 0 Å². The summed E-state index contributed by atoms with van der Waals surface area (Å²) in [6, 6.07) is 17.2. The zero-order valence-corrected chi connectivity index (χ0v) is 12.1. The topological polar surface area (TPSA) is 52.3 Å². The quantitative estimate of drug-likeness (QED) is 0.828. The van der Waals surface area contributed by atoms with E-state index in [0.717, 1.165) is 16.2 Å². The molecular weight excluding hydrogens is 270 g/mol. The summed E-state index contributed by atoms with van der Waals surface area (Å²) in [5, 5.41) is -0.380. The highest BCUT2D eigenvalue weighted by molar-refractivity contribution is 8.00. The molecule has 0 spiro atoms. The molecule has 0 heterocycles. The number of ether oxygens (including phenoxy) is 1. The third-order valence-corrected chi connectivity index (χ3v) is 4.03. The van der Waals surface area contributed by atoms with Crippen molar-refractivity contribution in [3.63, 3.8) is 0 Å². The first-order chi connectivity index (χ1) is 9.70. The molecule has 2 N–H and O–H groups in total. The lowest BCUT2D eigenvalue weighted by molar-refractivity contribution is -0.117. The number of carbonyl (C=O) groups excluding carboxylic acids is 1. The first-order valence-corrected chi connectivity index (χ1v) is 7.32. The van der Waals surface area contributed by atoms with Crippen molar-refractivity contribution in [2.45, 2.75) is 17.1 Å². The van der Waals surface area contributed by atoms with Crippen molar-refractivity contribution >= 4 is 17.7 Å². The normalized spacial score (nSPS) is 11.8.